The fourth-order valence-electron chi connectivity index (χ4n) is 0.408. The van der Waals surface area contributed by atoms with Crippen molar-refractivity contribution in [3.63, 3.8) is 0 Å². The molecule has 0 aromatic carbocycles. The summed E-state index contributed by atoms with van der Waals surface area (Å²) in [5.74, 6) is 0. The molecular formula is C4H9ClS. The van der Waals surface area contributed by atoms with E-state index >= 15 is 0 Å². The van der Waals surface area contributed by atoms with Crippen LogP contribution in [0.4, 0.5) is 0 Å². The van der Waals surface area contributed by atoms with Crippen LogP contribution >= 0.6 is 0 Å². The lowest BCUT2D eigenvalue weighted by molar-refractivity contribution is -0.000000976. The average Bonchev–Trinajstić information content (AvgIpc) is 1.30. The first kappa shape index (κ1) is 6.64. The first-order valence-corrected chi connectivity index (χ1v) is 2.68. The van der Waals surface area contributed by atoms with Gasteiger partial charge in [-0.1, -0.05) is 0 Å². The van der Waals surface area contributed by atoms with E-state index in [1.807, 2.05) is 0 Å². The Balaban J connectivity index is 0.000000250. The predicted octanol–water partition coefficient (Wildman–Crippen LogP) is -2.45. The minimum atomic E-state index is 0. The van der Waals surface area contributed by atoms with Crippen LogP contribution in [0, 0.1) is 0 Å². The van der Waals surface area contributed by atoms with Crippen LogP contribution in [0.5, 0.6) is 0 Å². The molecule has 0 nitrogen and oxygen atoms in total. The standard InChI is InChI=1S/C4H8S.ClH/c5-4-2-1-3-4;/h4-5H,1-3H2;1H. The van der Waals surface area contributed by atoms with Crippen molar-refractivity contribution in [1.29, 1.82) is 0 Å². The van der Waals surface area contributed by atoms with Crippen LogP contribution in [0.1, 0.15) is 19.3 Å². The van der Waals surface area contributed by atoms with Gasteiger partial charge in [0.15, 0.2) is 0 Å². The highest BCUT2D eigenvalue weighted by molar-refractivity contribution is 7.59. The van der Waals surface area contributed by atoms with Gasteiger partial charge in [-0.15, -0.1) is 0 Å². The molecule has 1 aliphatic carbocycles. The molecule has 0 saturated heterocycles. The number of hydrogen-bond acceptors (Lipinski definition) is 0. The third kappa shape index (κ3) is 1.39. The van der Waals surface area contributed by atoms with Gasteiger partial charge in [0, 0.05) is 0 Å². The lowest BCUT2D eigenvalue weighted by Crippen LogP contribution is -3.00. The highest BCUT2D eigenvalue weighted by Gasteiger charge is 2.16. The van der Waals surface area contributed by atoms with Crippen LogP contribution in [0.15, 0.2) is 0 Å². The molecule has 0 bridgehead atoms. The van der Waals surface area contributed by atoms with E-state index in [4.69, 9.17) is 0 Å². The summed E-state index contributed by atoms with van der Waals surface area (Å²) >= 11 is 3.50. The maximum absolute atomic E-state index is 3.50. The second kappa shape index (κ2) is 2.75. The maximum atomic E-state index is 3.50. The van der Waals surface area contributed by atoms with Gasteiger partial charge < -0.3 is 12.4 Å². The van der Waals surface area contributed by atoms with Crippen LogP contribution in [0.2, 0.25) is 0 Å². The molecular weight excluding hydrogens is 116 g/mol. The second-order valence-electron chi connectivity index (χ2n) is 1.63. The molecule has 1 aliphatic rings. The molecule has 0 aromatic rings. The number of rotatable bonds is 0. The van der Waals surface area contributed by atoms with Gasteiger partial charge in [-0.3, -0.25) is 0 Å². The molecule has 0 aliphatic heterocycles. The first-order chi connectivity index (χ1) is 2.39. The van der Waals surface area contributed by atoms with E-state index in [0.717, 1.165) is 5.25 Å². The van der Waals surface area contributed by atoms with E-state index in [9.17, 15) is 0 Å². The van der Waals surface area contributed by atoms with E-state index in [-0.39, 0.29) is 12.4 Å². The molecule has 1 saturated carbocycles. The van der Waals surface area contributed by atoms with Crippen molar-refractivity contribution < 1.29 is 12.4 Å². The molecule has 1 rings (SSSR count). The van der Waals surface area contributed by atoms with Gasteiger partial charge in [-0.05, 0) is 31.9 Å². The summed E-state index contributed by atoms with van der Waals surface area (Å²) in [6.45, 7) is 0. The largest absolute Gasteiger partial charge is 1.00 e. The maximum Gasteiger partial charge on any atom is 0.113 e. The zero-order chi connectivity index (χ0) is 3.70. The van der Waals surface area contributed by atoms with Crippen molar-refractivity contribution >= 4 is 12.6 Å². The minimum Gasteiger partial charge on any atom is -1.00 e. The molecule has 0 aromatic heterocycles. The summed E-state index contributed by atoms with van der Waals surface area (Å²) in [7, 11) is 0. The normalized spacial score (nSPS) is 21.5. The summed E-state index contributed by atoms with van der Waals surface area (Å²) in [4.78, 5) is 0. The van der Waals surface area contributed by atoms with Crippen molar-refractivity contribution in [2.45, 2.75) is 24.5 Å². The fraction of sp³-hybridized carbons (Fsp3) is 1.00. The molecule has 1 fully saturated rings. The van der Waals surface area contributed by atoms with Crippen molar-refractivity contribution in [3.8, 4) is 0 Å². The molecule has 0 amide bonds. The van der Waals surface area contributed by atoms with Crippen molar-refractivity contribution in [2.75, 3.05) is 0 Å². The SMILES string of the molecule is [Cl-].[SH2+]C1CCC1. The van der Waals surface area contributed by atoms with E-state index in [1.165, 1.54) is 19.3 Å². The summed E-state index contributed by atoms with van der Waals surface area (Å²) < 4.78 is 0. The molecule has 38 valence electrons. The number of halogens is 1. The smallest absolute Gasteiger partial charge is 0.113 e. The third-order valence-electron chi connectivity index (χ3n) is 1.11. The van der Waals surface area contributed by atoms with E-state index in [0.29, 0.717) is 0 Å². The van der Waals surface area contributed by atoms with Gasteiger partial charge in [0.2, 0.25) is 0 Å². The molecule has 0 atom stereocenters. The van der Waals surface area contributed by atoms with Gasteiger partial charge in [-0.25, -0.2) is 0 Å². The monoisotopic (exact) mass is 124 g/mol. The summed E-state index contributed by atoms with van der Waals surface area (Å²) in [6.07, 6.45) is 4.24. The topological polar surface area (TPSA) is 0 Å². The molecule has 6 heavy (non-hydrogen) atoms. The van der Waals surface area contributed by atoms with Gasteiger partial charge in [0.25, 0.3) is 0 Å². The Morgan fingerprint density at radius 2 is 1.67 bits per heavy atom. The lowest BCUT2D eigenvalue weighted by Gasteiger charge is -2.11. The van der Waals surface area contributed by atoms with E-state index in [2.05, 4.69) is 12.6 Å². The highest BCUT2D eigenvalue weighted by atomic mass is 35.5. The van der Waals surface area contributed by atoms with Gasteiger partial charge >= 0.3 is 0 Å². The molecule has 0 N–H and O–H groups in total. The van der Waals surface area contributed by atoms with Crippen LogP contribution in [0.3, 0.4) is 0 Å². The predicted molar refractivity (Wildman–Crippen MR) is 27.8 cm³/mol. The Labute approximate surface area is 50.1 Å². The number of hydrogen-bond donors (Lipinski definition) is 0. The van der Waals surface area contributed by atoms with E-state index in [1.54, 1.807) is 0 Å². The molecule has 0 unspecified atom stereocenters. The quantitative estimate of drug-likeness (QED) is 0.315. The van der Waals surface area contributed by atoms with Crippen LogP contribution in [-0.4, -0.2) is 5.25 Å². The average molecular weight is 125 g/mol. The Bertz CT molecular complexity index is 34.5. The van der Waals surface area contributed by atoms with Crippen LogP contribution < -0.4 is 12.4 Å². The zero-order valence-corrected chi connectivity index (χ0v) is 5.33. The van der Waals surface area contributed by atoms with Gasteiger partial charge in [0.05, 0.1) is 0 Å². The Hall–Kier alpha value is 0.640. The van der Waals surface area contributed by atoms with Crippen LogP contribution in [0.25, 0.3) is 0 Å². The Morgan fingerprint density at radius 3 is 1.67 bits per heavy atom. The van der Waals surface area contributed by atoms with Crippen molar-refractivity contribution in [3.05, 3.63) is 0 Å². The molecule has 2 heteroatoms. The first-order valence-electron chi connectivity index (χ1n) is 2.11. The summed E-state index contributed by atoms with van der Waals surface area (Å²) in [6, 6.07) is 0. The van der Waals surface area contributed by atoms with Gasteiger partial charge in [-0.2, -0.15) is 0 Å². The molecule has 0 spiro atoms. The van der Waals surface area contributed by atoms with Crippen LogP contribution in [-0.2, 0) is 12.6 Å². The Kier molecular flexibility index (Phi) is 3.05. The summed E-state index contributed by atoms with van der Waals surface area (Å²) in [5, 5.41) is 0.870. The minimum absolute atomic E-state index is 0. The van der Waals surface area contributed by atoms with E-state index < -0.39 is 0 Å². The summed E-state index contributed by atoms with van der Waals surface area (Å²) in [5.41, 5.74) is 0. The fourth-order valence-corrected chi connectivity index (χ4v) is 0.816. The van der Waals surface area contributed by atoms with Crippen molar-refractivity contribution in [2.24, 2.45) is 0 Å². The van der Waals surface area contributed by atoms with Crippen molar-refractivity contribution in [1.82, 2.24) is 0 Å². The second-order valence-corrected chi connectivity index (χ2v) is 2.44. The molecule has 0 heterocycles. The molecule has 0 radical (unpaired) electrons. The zero-order valence-electron chi connectivity index (χ0n) is 3.58. The third-order valence-corrected chi connectivity index (χ3v) is 1.68. The lowest BCUT2D eigenvalue weighted by atomic mass is 10.0. The highest BCUT2D eigenvalue weighted by Crippen LogP contribution is 2.17. The Morgan fingerprint density at radius 1 is 1.33 bits per heavy atom. The van der Waals surface area contributed by atoms with Gasteiger partial charge in [0.1, 0.15) is 5.25 Å².